The smallest absolute Gasteiger partial charge is 0.345 e. The van der Waals surface area contributed by atoms with E-state index < -0.39 is 16.1 Å². The van der Waals surface area contributed by atoms with Crippen LogP contribution in [0.25, 0.3) is 0 Å². The number of carbonyl (C=O) groups excluding carboxylic acids is 1. The minimum absolute atomic E-state index is 0.0586. The first-order valence-corrected chi connectivity index (χ1v) is 10.0. The number of nitrogens with zero attached hydrogens (tertiary/aromatic N) is 4. The summed E-state index contributed by atoms with van der Waals surface area (Å²) in [4.78, 5) is 12.7. The molecular weight excluding hydrogens is 406 g/mol. The minimum Gasteiger partial charge on any atom is -0.506 e. The number of allylic oxidation sites excluding steroid dienone is 1. The average molecular weight is 424 g/mol. The van der Waals surface area contributed by atoms with E-state index in [0.717, 1.165) is 4.31 Å². The lowest BCUT2D eigenvalue weighted by atomic mass is 10.1. The first-order chi connectivity index (χ1) is 13.1. The number of likely N-dealkylation sites (N-methyl/N-ethyl adjacent to an activating group) is 1. The van der Waals surface area contributed by atoms with Crippen LogP contribution in [-0.2, 0) is 21.5 Å². The Bertz CT molecular complexity index is 1120. The first-order valence-electron chi connectivity index (χ1n) is 8.27. The van der Waals surface area contributed by atoms with Crippen molar-refractivity contribution in [3.05, 3.63) is 52.4 Å². The van der Waals surface area contributed by atoms with Crippen molar-refractivity contribution < 1.29 is 18.3 Å². The van der Waals surface area contributed by atoms with Gasteiger partial charge in [-0.05, 0) is 38.1 Å². The maximum atomic E-state index is 12.7. The van der Waals surface area contributed by atoms with Crippen LogP contribution in [0.5, 0.6) is 5.75 Å². The molecule has 2 aromatic rings. The van der Waals surface area contributed by atoms with Crippen molar-refractivity contribution in [2.24, 2.45) is 4.40 Å². The number of aryl methyl sites for hydroxylation is 2. The van der Waals surface area contributed by atoms with Crippen molar-refractivity contribution in [1.29, 1.82) is 0 Å². The van der Waals surface area contributed by atoms with Gasteiger partial charge in [0.1, 0.15) is 11.4 Å². The Morgan fingerprint density at radius 3 is 2.71 bits per heavy atom. The number of hydrogen-bond donors (Lipinski definition) is 2. The molecule has 0 atom stereocenters. The highest BCUT2D eigenvalue weighted by Gasteiger charge is 2.31. The Morgan fingerprint density at radius 2 is 2.07 bits per heavy atom. The van der Waals surface area contributed by atoms with Gasteiger partial charge < -0.3 is 10.4 Å². The third-order valence-corrected chi connectivity index (χ3v) is 5.71. The molecule has 0 saturated carbocycles. The summed E-state index contributed by atoms with van der Waals surface area (Å²) in [5.74, 6) is -0.940. The lowest BCUT2D eigenvalue weighted by molar-refractivity contribution is -0.113. The van der Waals surface area contributed by atoms with Crippen LogP contribution in [0.2, 0.25) is 5.02 Å². The van der Waals surface area contributed by atoms with Crippen LogP contribution in [0.1, 0.15) is 18.2 Å². The summed E-state index contributed by atoms with van der Waals surface area (Å²) in [7, 11) is -2.89. The Labute approximate surface area is 167 Å². The predicted octanol–water partition coefficient (Wildman–Crippen LogP) is 2.07. The van der Waals surface area contributed by atoms with Gasteiger partial charge in [-0.15, -0.1) is 4.40 Å². The van der Waals surface area contributed by atoms with Gasteiger partial charge in [0.05, 0.1) is 17.1 Å². The van der Waals surface area contributed by atoms with Gasteiger partial charge in [0, 0.05) is 30.4 Å². The molecule has 3 rings (SSSR count). The molecule has 1 aromatic carbocycles. The van der Waals surface area contributed by atoms with E-state index in [0.29, 0.717) is 22.8 Å². The lowest BCUT2D eigenvalue weighted by Gasteiger charge is -2.23. The molecule has 2 heterocycles. The van der Waals surface area contributed by atoms with E-state index in [1.165, 1.54) is 31.3 Å². The zero-order chi connectivity index (χ0) is 20.6. The summed E-state index contributed by atoms with van der Waals surface area (Å²) in [5.41, 5.74) is 1.10. The highest BCUT2D eigenvalue weighted by Crippen LogP contribution is 2.28. The maximum Gasteiger partial charge on any atom is 0.345 e. The second-order valence-electron chi connectivity index (χ2n) is 6.05. The number of benzene rings is 1. The molecule has 11 heteroatoms. The second-order valence-corrected chi connectivity index (χ2v) is 8.11. The number of rotatable bonds is 4. The molecule has 0 fully saturated rings. The maximum absolute atomic E-state index is 12.7. The Balaban J connectivity index is 2.02. The fourth-order valence-electron chi connectivity index (χ4n) is 2.62. The van der Waals surface area contributed by atoms with Gasteiger partial charge in [0.2, 0.25) is 0 Å². The monoisotopic (exact) mass is 423 g/mol. The van der Waals surface area contributed by atoms with Crippen molar-refractivity contribution in [2.75, 3.05) is 12.4 Å². The highest BCUT2D eigenvalue weighted by molar-refractivity contribution is 7.88. The number of carbonyl (C=O) groups is 1. The van der Waals surface area contributed by atoms with E-state index >= 15 is 0 Å². The summed E-state index contributed by atoms with van der Waals surface area (Å²) < 4.78 is 31.1. The van der Waals surface area contributed by atoms with Gasteiger partial charge >= 0.3 is 10.2 Å². The van der Waals surface area contributed by atoms with E-state index in [1.807, 2.05) is 6.92 Å². The Morgan fingerprint density at radius 1 is 1.36 bits per heavy atom. The predicted molar refractivity (Wildman–Crippen MR) is 106 cm³/mol. The SMILES string of the molecule is CCn1cc(C2=NS(=O)(=O)N(C)C(C(=O)Nc3cc(Cl)ccc3O)=C2)c(C)n1. The normalized spacial score (nSPS) is 15.8. The van der Waals surface area contributed by atoms with Crippen LogP contribution in [0, 0.1) is 6.92 Å². The first kappa shape index (κ1) is 19.9. The van der Waals surface area contributed by atoms with Gasteiger partial charge in [-0.1, -0.05) is 11.6 Å². The fraction of sp³-hybridized carbons (Fsp3) is 0.235. The number of aromatic nitrogens is 2. The van der Waals surface area contributed by atoms with E-state index in [9.17, 15) is 18.3 Å². The van der Waals surface area contributed by atoms with E-state index in [4.69, 9.17) is 11.6 Å². The molecule has 148 valence electrons. The Kier molecular flexibility index (Phi) is 5.18. The molecule has 1 aliphatic rings. The molecule has 0 spiro atoms. The molecule has 0 unspecified atom stereocenters. The molecule has 0 radical (unpaired) electrons. The molecule has 0 bridgehead atoms. The molecule has 9 nitrogen and oxygen atoms in total. The molecule has 0 aliphatic carbocycles. The number of phenolic OH excluding ortho intramolecular Hbond substituents is 1. The number of phenols is 1. The topological polar surface area (TPSA) is 117 Å². The summed E-state index contributed by atoms with van der Waals surface area (Å²) in [6.45, 7) is 4.23. The zero-order valence-corrected chi connectivity index (χ0v) is 16.9. The van der Waals surface area contributed by atoms with Gasteiger partial charge in [0.15, 0.2) is 0 Å². The lowest BCUT2D eigenvalue weighted by Crippen LogP contribution is -2.35. The standard InChI is InChI=1S/C17H18ClN5O4S/c1-4-23-9-12(10(2)20-23)13-8-15(22(3)28(26,27)21-13)17(25)19-14-7-11(18)5-6-16(14)24/h5-9,24H,4H2,1-3H3,(H,19,25). The number of aromatic hydroxyl groups is 1. The molecule has 1 amide bonds. The Hall–Kier alpha value is -2.85. The number of hydrogen-bond acceptors (Lipinski definition) is 5. The molecule has 0 saturated heterocycles. The van der Waals surface area contributed by atoms with E-state index in [2.05, 4.69) is 14.8 Å². The van der Waals surface area contributed by atoms with E-state index in [-0.39, 0.29) is 22.8 Å². The third-order valence-electron chi connectivity index (χ3n) is 4.16. The molecule has 1 aliphatic heterocycles. The average Bonchev–Trinajstić information content (AvgIpc) is 3.01. The molecular formula is C17H18ClN5O4S. The number of anilines is 1. The van der Waals surface area contributed by atoms with Crippen LogP contribution >= 0.6 is 11.6 Å². The number of nitrogens with one attached hydrogen (secondary N) is 1. The fourth-order valence-corrected chi connectivity index (χ4v) is 3.70. The summed E-state index contributed by atoms with van der Waals surface area (Å²) in [5, 5.41) is 16.9. The van der Waals surface area contributed by atoms with Crippen LogP contribution in [-0.4, -0.2) is 46.3 Å². The quantitative estimate of drug-likeness (QED) is 0.730. The highest BCUT2D eigenvalue weighted by atomic mass is 35.5. The third kappa shape index (κ3) is 3.73. The van der Waals surface area contributed by atoms with Gasteiger partial charge in [-0.2, -0.15) is 13.5 Å². The second kappa shape index (κ2) is 7.28. The summed E-state index contributed by atoms with van der Waals surface area (Å²) in [6.07, 6.45) is 3.03. The van der Waals surface area contributed by atoms with Crippen molar-refractivity contribution in [1.82, 2.24) is 14.1 Å². The van der Waals surface area contributed by atoms with E-state index in [1.54, 1.807) is 17.8 Å². The molecule has 28 heavy (non-hydrogen) atoms. The number of halogens is 1. The van der Waals surface area contributed by atoms with Crippen LogP contribution in [0.3, 0.4) is 0 Å². The van der Waals surface area contributed by atoms with Gasteiger partial charge in [-0.25, -0.2) is 4.31 Å². The minimum atomic E-state index is -4.11. The van der Waals surface area contributed by atoms with Crippen molar-refractivity contribution >= 4 is 39.1 Å². The molecule has 1 aromatic heterocycles. The van der Waals surface area contributed by atoms with Crippen molar-refractivity contribution in [3.8, 4) is 5.75 Å². The summed E-state index contributed by atoms with van der Waals surface area (Å²) in [6, 6.07) is 4.14. The summed E-state index contributed by atoms with van der Waals surface area (Å²) >= 11 is 5.89. The van der Waals surface area contributed by atoms with Crippen molar-refractivity contribution in [3.63, 3.8) is 0 Å². The van der Waals surface area contributed by atoms with Crippen LogP contribution < -0.4 is 5.32 Å². The van der Waals surface area contributed by atoms with Crippen LogP contribution in [0.15, 0.2) is 40.6 Å². The molecule has 2 N–H and O–H groups in total. The zero-order valence-electron chi connectivity index (χ0n) is 15.3. The van der Waals surface area contributed by atoms with Gasteiger partial charge in [0.25, 0.3) is 5.91 Å². The number of amides is 1. The van der Waals surface area contributed by atoms with Crippen LogP contribution in [0.4, 0.5) is 5.69 Å². The van der Waals surface area contributed by atoms with Crippen molar-refractivity contribution in [2.45, 2.75) is 20.4 Å². The van der Waals surface area contributed by atoms with Gasteiger partial charge in [-0.3, -0.25) is 9.48 Å². The largest absolute Gasteiger partial charge is 0.506 e.